The second-order valence-electron chi connectivity index (χ2n) is 8.20. The molecule has 1 aliphatic rings. The highest BCUT2D eigenvalue weighted by Crippen LogP contribution is 2.45. The smallest absolute Gasteiger partial charge is 0.300 e. The number of nitrogens with zero attached hydrogens (tertiary/aromatic N) is 1. The van der Waals surface area contributed by atoms with Crippen LogP contribution in [0.4, 0.5) is 5.69 Å². The first-order chi connectivity index (χ1) is 17.3. The van der Waals surface area contributed by atoms with Crippen LogP contribution < -0.4 is 19.1 Å². The lowest BCUT2D eigenvalue weighted by Gasteiger charge is -2.26. The number of rotatable bonds is 7. The summed E-state index contributed by atoms with van der Waals surface area (Å²) in [5.41, 5.74) is 2.16. The topological polar surface area (TPSA) is 85.3 Å². The van der Waals surface area contributed by atoms with Crippen LogP contribution in [-0.2, 0) is 9.59 Å². The summed E-state index contributed by atoms with van der Waals surface area (Å²) in [5, 5.41) is 11.7. The van der Waals surface area contributed by atoms with Crippen molar-refractivity contribution in [1.29, 1.82) is 0 Å². The fraction of sp³-hybridized carbons (Fsp3) is 0.214. The Hall–Kier alpha value is -3.97. The average molecular weight is 508 g/mol. The third kappa shape index (κ3) is 4.50. The molecule has 7 nitrogen and oxygen atoms in total. The molecule has 0 radical (unpaired) electrons. The van der Waals surface area contributed by atoms with Crippen molar-refractivity contribution in [2.45, 2.75) is 19.9 Å². The number of hydrogen-bond donors (Lipinski definition) is 1. The molecule has 1 saturated heterocycles. The van der Waals surface area contributed by atoms with Crippen LogP contribution in [0, 0.1) is 6.92 Å². The number of hydrogen-bond acceptors (Lipinski definition) is 6. The number of anilines is 1. The largest absolute Gasteiger partial charge is 0.507 e. The minimum Gasteiger partial charge on any atom is -0.507 e. The number of ether oxygens (including phenoxy) is 3. The molecule has 1 amide bonds. The van der Waals surface area contributed by atoms with E-state index in [0.29, 0.717) is 29.4 Å². The summed E-state index contributed by atoms with van der Waals surface area (Å²) in [6.07, 6.45) is 0. The number of aliphatic hydroxyl groups excluding tert-OH is 1. The van der Waals surface area contributed by atoms with Crippen LogP contribution in [0.2, 0.25) is 5.02 Å². The maximum Gasteiger partial charge on any atom is 0.300 e. The van der Waals surface area contributed by atoms with E-state index in [0.717, 1.165) is 5.56 Å². The van der Waals surface area contributed by atoms with E-state index in [2.05, 4.69) is 0 Å². The summed E-state index contributed by atoms with van der Waals surface area (Å²) in [4.78, 5) is 28.3. The van der Waals surface area contributed by atoms with Crippen molar-refractivity contribution < 1.29 is 28.9 Å². The number of Topliss-reactive ketones (excluding diaryl/α,β-unsaturated/α-hetero) is 1. The molecule has 1 aliphatic heterocycles. The van der Waals surface area contributed by atoms with Gasteiger partial charge in [0.05, 0.1) is 43.0 Å². The highest BCUT2D eigenvalue weighted by molar-refractivity contribution is 6.51. The lowest BCUT2D eigenvalue weighted by Crippen LogP contribution is -2.29. The Morgan fingerprint density at radius 3 is 2.39 bits per heavy atom. The summed E-state index contributed by atoms with van der Waals surface area (Å²) in [5.74, 6) is -0.854. The van der Waals surface area contributed by atoms with Gasteiger partial charge in [-0.2, -0.15) is 0 Å². The first-order valence-electron chi connectivity index (χ1n) is 11.3. The maximum absolute atomic E-state index is 13.5. The fourth-order valence-electron chi connectivity index (χ4n) is 4.33. The van der Waals surface area contributed by atoms with Crippen LogP contribution in [-0.4, -0.2) is 37.6 Å². The first-order valence-corrected chi connectivity index (χ1v) is 11.7. The molecule has 0 spiro atoms. The van der Waals surface area contributed by atoms with Crippen molar-refractivity contribution in [2.75, 3.05) is 25.7 Å². The molecule has 186 valence electrons. The fourth-order valence-corrected chi connectivity index (χ4v) is 4.58. The summed E-state index contributed by atoms with van der Waals surface area (Å²) in [6, 6.07) is 16.5. The molecule has 0 aliphatic carbocycles. The minimum atomic E-state index is -0.896. The van der Waals surface area contributed by atoms with E-state index in [1.165, 1.54) is 31.3 Å². The Balaban J connectivity index is 1.98. The number of carbonyl (C=O) groups excluding carboxylic acids is 2. The normalized spacial score (nSPS) is 16.8. The lowest BCUT2D eigenvalue weighted by atomic mass is 9.94. The van der Waals surface area contributed by atoms with E-state index in [-0.39, 0.29) is 21.9 Å². The van der Waals surface area contributed by atoms with Gasteiger partial charge in [-0.15, -0.1) is 0 Å². The third-order valence-electron chi connectivity index (χ3n) is 5.94. The van der Waals surface area contributed by atoms with Crippen LogP contribution in [0.3, 0.4) is 0 Å². The molecular formula is C28H26ClNO6. The van der Waals surface area contributed by atoms with Gasteiger partial charge >= 0.3 is 0 Å². The predicted molar refractivity (Wildman–Crippen MR) is 138 cm³/mol. The predicted octanol–water partition coefficient (Wildman–Crippen LogP) is 5.69. The van der Waals surface area contributed by atoms with E-state index >= 15 is 0 Å². The van der Waals surface area contributed by atoms with E-state index in [1.807, 2.05) is 38.1 Å². The van der Waals surface area contributed by atoms with Crippen molar-refractivity contribution in [3.05, 3.63) is 87.9 Å². The number of aliphatic hydroxyl groups is 1. The molecule has 0 saturated carbocycles. The Labute approximate surface area is 214 Å². The Morgan fingerprint density at radius 1 is 1.00 bits per heavy atom. The third-order valence-corrected chi connectivity index (χ3v) is 6.23. The van der Waals surface area contributed by atoms with Gasteiger partial charge in [-0.25, -0.2) is 0 Å². The van der Waals surface area contributed by atoms with E-state index in [1.54, 1.807) is 24.3 Å². The SMILES string of the molecule is CCOc1cccc(N2C(=O)C(=O)/C(=C(/O)c3cc(Cl)c(OC)cc3OC)C2c2cccc(C)c2)c1. The number of carbonyl (C=O) groups is 2. The highest BCUT2D eigenvalue weighted by Gasteiger charge is 2.47. The van der Waals surface area contributed by atoms with Crippen molar-refractivity contribution in [1.82, 2.24) is 0 Å². The van der Waals surface area contributed by atoms with Crippen molar-refractivity contribution >= 4 is 34.7 Å². The maximum atomic E-state index is 13.5. The van der Waals surface area contributed by atoms with Crippen molar-refractivity contribution in [3.63, 3.8) is 0 Å². The summed E-state index contributed by atoms with van der Waals surface area (Å²) >= 11 is 6.33. The van der Waals surface area contributed by atoms with Crippen molar-refractivity contribution in [2.24, 2.45) is 0 Å². The zero-order valence-electron chi connectivity index (χ0n) is 20.4. The summed E-state index contributed by atoms with van der Waals surface area (Å²) in [6.45, 7) is 4.22. The van der Waals surface area contributed by atoms with E-state index in [4.69, 9.17) is 25.8 Å². The number of aryl methyl sites for hydroxylation is 1. The molecule has 1 N–H and O–H groups in total. The average Bonchev–Trinajstić information content (AvgIpc) is 3.14. The molecule has 1 unspecified atom stereocenters. The lowest BCUT2D eigenvalue weighted by molar-refractivity contribution is -0.132. The Bertz CT molecular complexity index is 1370. The van der Waals surface area contributed by atoms with Crippen LogP contribution in [0.1, 0.15) is 29.7 Å². The summed E-state index contributed by atoms with van der Waals surface area (Å²) in [7, 11) is 2.88. The van der Waals surface area contributed by atoms with Gasteiger partial charge in [-0.05, 0) is 37.6 Å². The molecule has 0 aromatic heterocycles. The van der Waals surface area contributed by atoms with Gasteiger partial charge in [0.2, 0.25) is 0 Å². The second-order valence-corrected chi connectivity index (χ2v) is 8.61. The standard InChI is InChI=1S/C28H26ClNO6/c1-5-36-19-11-7-10-18(13-19)30-25(17-9-6-8-16(2)12-17)24(27(32)28(30)33)26(31)20-14-21(29)23(35-4)15-22(20)34-3/h6-15,25,31H,5H2,1-4H3/b26-24+. The van der Waals surface area contributed by atoms with Gasteiger partial charge in [0.15, 0.2) is 0 Å². The molecular weight excluding hydrogens is 482 g/mol. The summed E-state index contributed by atoms with van der Waals surface area (Å²) < 4.78 is 16.3. The van der Waals surface area contributed by atoms with Gasteiger partial charge in [0, 0.05) is 17.8 Å². The molecule has 3 aromatic rings. The van der Waals surface area contributed by atoms with E-state index < -0.39 is 23.5 Å². The van der Waals surface area contributed by atoms with Crippen LogP contribution in [0.15, 0.2) is 66.2 Å². The zero-order chi connectivity index (χ0) is 26.0. The van der Waals surface area contributed by atoms with Gasteiger partial charge in [-0.3, -0.25) is 14.5 Å². The van der Waals surface area contributed by atoms with Gasteiger partial charge in [0.1, 0.15) is 23.0 Å². The van der Waals surface area contributed by atoms with Gasteiger partial charge in [0.25, 0.3) is 11.7 Å². The minimum absolute atomic E-state index is 0.0769. The molecule has 1 atom stereocenters. The number of methoxy groups -OCH3 is 2. The number of halogens is 1. The Kier molecular flexibility index (Phi) is 7.22. The molecule has 1 heterocycles. The first kappa shape index (κ1) is 25.1. The Morgan fingerprint density at radius 2 is 1.72 bits per heavy atom. The second kappa shape index (κ2) is 10.3. The van der Waals surface area contributed by atoms with Gasteiger partial charge in [-0.1, -0.05) is 47.5 Å². The quantitative estimate of drug-likeness (QED) is 0.251. The number of ketones is 1. The molecule has 1 fully saturated rings. The van der Waals surface area contributed by atoms with Crippen LogP contribution in [0.5, 0.6) is 17.2 Å². The molecule has 0 bridgehead atoms. The molecule has 3 aromatic carbocycles. The number of benzene rings is 3. The van der Waals surface area contributed by atoms with Crippen molar-refractivity contribution in [3.8, 4) is 17.2 Å². The van der Waals surface area contributed by atoms with Crippen LogP contribution >= 0.6 is 11.6 Å². The van der Waals surface area contributed by atoms with E-state index in [9.17, 15) is 14.7 Å². The van der Waals surface area contributed by atoms with Gasteiger partial charge < -0.3 is 19.3 Å². The zero-order valence-corrected chi connectivity index (χ0v) is 21.1. The molecule has 8 heteroatoms. The highest BCUT2D eigenvalue weighted by atomic mass is 35.5. The monoisotopic (exact) mass is 507 g/mol. The molecule has 4 rings (SSSR count). The molecule has 36 heavy (non-hydrogen) atoms. The number of amides is 1. The van der Waals surface area contributed by atoms with Crippen LogP contribution in [0.25, 0.3) is 5.76 Å².